The fourth-order valence-corrected chi connectivity index (χ4v) is 2.06. The summed E-state index contributed by atoms with van der Waals surface area (Å²) in [5, 5.41) is 8.38. The predicted octanol–water partition coefficient (Wildman–Crippen LogP) is 3.86. The molecule has 0 fully saturated rings. The van der Waals surface area contributed by atoms with E-state index in [1.807, 2.05) is 13.8 Å². The Labute approximate surface area is 146 Å². The molecule has 3 N–H and O–H groups in total. The van der Waals surface area contributed by atoms with Crippen LogP contribution >= 0.6 is 0 Å². The summed E-state index contributed by atoms with van der Waals surface area (Å²) in [5.74, 6) is -0.978. The average Bonchev–Trinajstić information content (AvgIpc) is 2.58. The molecule has 1 atom stereocenters. The number of carbonyl (C=O) groups is 2. The highest BCUT2D eigenvalue weighted by Crippen LogP contribution is 2.17. The summed E-state index contributed by atoms with van der Waals surface area (Å²) >= 11 is 0. The number of anilines is 3. The molecule has 2 aromatic rings. The lowest BCUT2D eigenvalue weighted by Gasteiger charge is -2.16. The second kappa shape index (κ2) is 8.28. The molecule has 0 aliphatic heterocycles. The van der Waals surface area contributed by atoms with Gasteiger partial charge in [-0.3, -0.25) is 9.59 Å². The molecule has 1 unspecified atom stereocenters. The van der Waals surface area contributed by atoms with Crippen LogP contribution in [0.2, 0.25) is 0 Å². The Morgan fingerprint density at radius 3 is 2.04 bits per heavy atom. The first kappa shape index (κ1) is 18.4. The maximum Gasteiger partial charge on any atom is 0.246 e. The molecule has 0 spiro atoms. The van der Waals surface area contributed by atoms with Crippen molar-refractivity contribution in [3.8, 4) is 0 Å². The minimum absolute atomic E-state index is 0.0571. The van der Waals surface area contributed by atoms with E-state index in [4.69, 9.17) is 0 Å². The molecule has 0 heterocycles. The van der Waals surface area contributed by atoms with Crippen molar-refractivity contribution in [3.05, 3.63) is 54.3 Å². The van der Waals surface area contributed by atoms with Gasteiger partial charge in [-0.05, 0) is 43.3 Å². The van der Waals surface area contributed by atoms with Crippen molar-refractivity contribution < 1.29 is 14.0 Å². The van der Waals surface area contributed by atoms with E-state index in [2.05, 4.69) is 16.0 Å². The van der Waals surface area contributed by atoms with Gasteiger partial charge in [-0.15, -0.1) is 0 Å². The molecule has 2 amide bonds. The van der Waals surface area contributed by atoms with Gasteiger partial charge in [0.1, 0.15) is 11.9 Å². The molecule has 0 aliphatic rings. The quantitative estimate of drug-likeness (QED) is 0.746. The van der Waals surface area contributed by atoms with Gasteiger partial charge in [0.25, 0.3) is 0 Å². The Hall–Kier alpha value is -2.89. The fourth-order valence-electron chi connectivity index (χ4n) is 2.06. The average molecular weight is 343 g/mol. The van der Waals surface area contributed by atoms with Gasteiger partial charge in [0, 0.05) is 17.3 Å². The molecule has 25 heavy (non-hydrogen) atoms. The van der Waals surface area contributed by atoms with E-state index >= 15 is 0 Å². The summed E-state index contributed by atoms with van der Waals surface area (Å²) in [6.07, 6.45) is 0. The summed E-state index contributed by atoms with van der Waals surface area (Å²) in [5.41, 5.74) is 1.55. The first-order chi connectivity index (χ1) is 11.9. The summed E-state index contributed by atoms with van der Waals surface area (Å²) in [6.45, 7) is 5.33. The Balaban J connectivity index is 1.93. The number of amides is 2. The molecule has 132 valence electrons. The Morgan fingerprint density at radius 1 is 0.840 bits per heavy atom. The van der Waals surface area contributed by atoms with Gasteiger partial charge in [-0.1, -0.05) is 26.0 Å². The van der Waals surface area contributed by atoms with Crippen LogP contribution in [-0.2, 0) is 9.59 Å². The van der Waals surface area contributed by atoms with Crippen LogP contribution < -0.4 is 16.0 Å². The number of hydrogen-bond donors (Lipinski definition) is 3. The summed E-state index contributed by atoms with van der Waals surface area (Å²) in [4.78, 5) is 23.8. The van der Waals surface area contributed by atoms with Gasteiger partial charge in [-0.25, -0.2) is 4.39 Å². The number of nitrogens with one attached hydrogen (secondary N) is 3. The SMILES string of the molecule is CC(C)C(=O)Nc1ccc(NC(C)C(=O)Nc2ccccc2F)cc1. The third kappa shape index (κ3) is 5.31. The highest BCUT2D eigenvalue weighted by Gasteiger charge is 2.14. The van der Waals surface area contributed by atoms with Crippen LogP contribution in [0.4, 0.5) is 21.5 Å². The van der Waals surface area contributed by atoms with Crippen LogP contribution in [0.5, 0.6) is 0 Å². The van der Waals surface area contributed by atoms with E-state index in [-0.39, 0.29) is 23.4 Å². The standard InChI is InChI=1S/C19H22FN3O2/c1-12(2)18(24)22-15-10-8-14(9-11-15)21-13(3)19(25)23-17-7-5-4-6-16(17)20/h4-13,21H,1-3H3,(H,22,24)(H,23,25). The van der Waals surface area contributed by atoms with Crippen molar-refractivity contribution >= 4 is 28.9 Å². The molecule has 0 bridgehead atoms. The van der Waals surface area contributed by atoms with Gasteiger partial charge in [0.05, 0.1) is 5.69 Å². The molecule has 5 nitrogen and oxygen atoms in total. The summed E-state index contributed by atoms with van der Waals surface area (Å²) in [6, 6.07) is 12.5. The van der Waals surface area contributed by atoms with Crippen molar-refractivity contribution in [2.45, 2.75) is 26.8 Å². The topological polar surface area (TPSA) is 70.2 Å². The van der Waals surface area contributed by atoms with Gasteiger partial charge in [0.2, 0.25) is 11.8 Å². The monoisotopic (exact) mass is 343 g/mol. The summed E-state index contributed by atoms with van der Waals surface area (Å²) < 4.78 is 13.6. The number of carbonyl (C=O) groups excluding carboxylic acids is 2. The van der Waals surface area contributed by atoms with E-state index in [1.165, 1.54) is 12.1 Å². The Morgan fingerprint density at radius 2 is 1.44 bits per heavy atom. The van der Waals surface area contributed by atoms with Crippen LogP contribution in [-0.4, -0.2) is 17.9 Å². The van der Waals surface area contributed by atoms with Crippen LogP contribution in [0.3, 0.4) is 0 Å². The van der Waals surface area contributed by atoms with Crippen molar-refractivity contribution in [1.29, 1.82) is 0 Å². The number of halogens is 1. The molecule has 0 aromatic heterocycles. The maximum absolute atomic E-state index is 13.6. The molecular formula is C19H22FN3O2. The lowest BCUT2D eigenvalue weighted by Crippen LogP contribution is -2.32. The van der Waals surface area contributed by atoms with Gasteiger partial charge >= 0.3 is 0 Å². The van der Waals surface area contributed by atoms with Crippen LogP contribution in [0.1, 0.15) is 20.8 Å². The zero-order chi connectivity index (χ0) is 18.4. The largest absolute Gasteiger partial charge is 0.374 e. The normalized spacial score (nSPS) is 11.7. The van der Waals surface area contributed by atoms with E-state index in [0.717, 1.165) is 5.69 Å². The van der Waals surface area contributed by atoms with Crippen LogP contribution in [0.15, 0.2) is 48.5 Å². The van der Waals surface area contributed by atoms with Crippen LogP contribution in [0.25, 0.3) is 0 Å². The lowest BCUT2D eigenvalue weighted by atomic mass is 10.2. The smallest absolute Gasteiger partial charge is 0.246 e. The lowest BCUT2D eigenvalue weighted by molar-refractivity contribution is -0.119. The van der Waals surface area contributed by atoms with E-state index in [1.54, 1.807) is 43.3 Å². The van der Waals surface area contributed by atoms with Gasteiger partial charge < -0.3 is 16.0 Å². The maximum atomic E-state index is 13.6. The molecule has 2 rings (SSSR count). The number of para-hydroxylation sites is 1. The second-order valence-electron chi connectivity index (χ2n) is 6.06. The molecule has 0 saturated heterocycles. The molecule has 2 aromatic carbocycles. The Kier molecular flexibility index (Phi) is 6.11. The van der Waals surface area contributed by atoms with Crippen molar-refractivity contribution in [1.82, 2.24) is 0 Å². The molecule has 0 aliphatic carbocycles. The molecule has 6 heteroatoms. The minimum Gasteiger partial charge on any atom is -0.374 e. The zero-order valence-electron chi connectivity index (χ0n) is 14.5. The first-order valence-electron chi connectivity index (χ1n) is 8.09. The first-order valence-corrected chi connectivity index (χ1v) is 8.09. The van der Waals surface area contributed by atoms with E-state index in [9.17, 15) is 14.0 Å². The number of benzene rings is 2. The van der Waals surface area contributed by atoms with E-state index < -0.39 is 11.9 Å². The minimum atomic E-state index is -0.560. The van der Waals surface area contributed by atoms with Crippen molar-refractivity contribution in [2.24, 2.45) is 5.92 Å². The molecule has 0 saturated carbocycles. The van der Waals surface area contributed by atoms with Crippen LogP contribution in [0, 0.1) is 11.7 Å². The third-order valence-corrected chi connectivity index (χ3v) is 3.58. The predicted molar refractivity (Wildman–Crippen MR) is 98.0 cm³/mol. The third-order valence-electron chi connectivity index (χ3n) is 3.58. The second-order valence-corrected chi connectivity index (χ2v) is 6.06. The number of hydrogen-bond acceptors (Lipinski definition) is 3. The number of rotatable bonds is 6. The van der Waals surface area contributed by atoms with Crippen molar-refractivity contribution in [2.75, 3.05) is 16.0 Å². The summed E-state index contributed by atoms with van der Waals surface area (Å²) in [7, 11) is 0. The zero-order valence-corrected chi connectivity index (χ0v) is 14.5. The fraction of sp³-hybridized carbons (Fsp3) is 0.263. The molecular weight excluding hydrogens is 321 g/mol. The highest BCUT2D eigenvalue weighted by atomic mass is 19.1. The van der Waals surface area contributed by atoms with Crippen molar-refractivity contribution in [3.63, 3.8) is 0 Å². The Bertz CT molecular complexity index is 745. The van der Waals surface area contributed by atoms with Gasteiger partial charge in [-0.2, -0.15) is 0 Å². The highest BCUT2D eigenvalue weighted by molar-refractivity contribution is 5.96. The molecule has 0 radical (unpaired) electrons. The van der Waals surface area contributed by atoms with Gasteiger partial charge in [0.15, 0.2) is 0 Å². The van der Waals surface area contributed by atoms with E-state index in [0.29, 0.717) is 5.69 Å².